The number of aromatic nitrogens is 1. The Balaban J connectivity index is 1.63. The summed E-state index contributed by atoms with van der Waals surface area (Å²) in [5.74, 6) is 0.838. The van der Waals surface area contributed by atoms with E-state index in [4.69, 9.17) is 9.15 Å². The molecule has 27 heavy (non-hydrogen) atoms. The molecule has 1 amide bonds. The van der Waals surface area contributed by atoms with Gasteiger partial charge in [-0.15, -0.1) is 0 Å². The van der Waals surface area contributed by atoms with Crippen molar-refractivity contribution in [1.29, 1.82) is 0 Å². The summed E-state index contributed by atoms with van der Waals surface area (Å²) in [6.45, 7) is 2.03. The Labute approximate surface area is 156 Å². The lowest BCUT2D eigenvalue weighted by atomic mass is 10.1. The number of benzene rings is 3. The number of carbonyl (C=O) groups excluding carboxylic acids is 1. The maximum atomic E-state index is 12.6. The van der Waals surface area contributed by atoms with Crippen molar-refractivity contribution in [2.45, 2.75) is 6.92 Å². The Morgan fingerprint density at radius 2 is 1.89 bits per heavy atom. The molecule has 0 aliphatic carbocycles. The number of nitrogens with zero attached hydrogens (tertiary/aromatic N) is 1. The summed E-state index contributed by atoms with van der Waals surface area (Å²) in [7, 11) is 1.54. The van der Waals surface area contributed by atoms with Gasteiger partial charge in [-0.2, -0.15) is 0 Å². The predicted octanol–water partition coefficient (Wildman–Crippen LogP) is 5.06. The summed E-state index contributed by atoms with van der Waals surface area (Å²) >= 11 is 0. The Bertz CT molecular complexity index is 1130. The first kappa shape index (κ1) is 16.8. The number of oxazole rings is 1. The average Bonchev–Trinajstić information content (AvgIpc) is 3.11. The quantitative estimate of drug-likeness (QED) is 0.553. The van der Waals surface area contributed by atoms with Crippen molar-refractivity contribution in [2.24, 2.45) is 0 Å². The number of carbonyl (C=O) groups is 1. The molecule has 0 saturated carbocycles. The molecule has 0 atom stereocenters. The van der Waals surface area contributed by atoms with Crippen molar-refractivity contribution in [3.63, 3.8) is 0 Å². The number of methoxy groups -OCH3 is 1. The number of para-hydroxylation sites is 1. The van der Waals surface area contributed by atoms with E-state index in [0.29, 0.717) is 28.5 Å². The van der Waals surface area contributed by atoms with Crippen LogP contribution in [0.2, 0.25) is 0 Å². The predicted molar refractivity (Wildman–Crippen MR) is 105 cm³/mol. The maximum Gasteiger partial charge on any atom is 0.259 e. The highest BCUT2D eigenvalue weighted by Gasteiger charge is 2.13. The topological polar surface area (TPSA) is 64.4 Å². The highest BCUT2D eigenvalue weighted by Crippen LogP contribution is 2.27. The van der Waals surface area contributed by atoms with Crippen LogP contribution >= 0.6 is 0 Å². The van der Waals surface area contributed by atoms with E-state index in [9.17, 15) is 4.79 Å². The van der Waals surface area contributed by atoms with Crippen LogP contribution < -0.4 is 10.1 Å². The first-order valence-electron chi connectivity index (χ1n) is 8.56. The largest absolute Gasteiger partial charge is 0.496 e. The molecular weight excluding hydrogens is 340 g/mol. The van der Waals surface area contributed by atoms with Crippen molar-refractivity contribution in [3.05, 3.63) is 77.9 Å². The van der Waals surface area contributed by atoms with E-state index in [1.807, 2.05) is 43.3 Å². The van der Waals surface area contributed by atoms with E-state index < -0.39 is 0 Å². The third-order valence-electron chi connectivity index (χ3n) is 4.26. The molecule has 0 aliphatic heterocycles. The first-order valence-corrected chi connectivity index (χ1v) is 8.56. The second kappa shape index (κ2) is 6.96. The average molecular weight is 358 g/mol. The molecule has 0 aliphatic rings. The van der Waals surface area contributed by atoms with Gasteiger partial charge in [-0.05, 0) is 43.3 Å². The van der Waals surface area contributed by atoms with Crippen LogP contribution in [0.3, 0.4) is 0 Å². The van der Waals surface area contributed by atoms with Gasteiger partial charge in [0.05, 0.1) is 12.7 Å². The molecule has 4 aromatic rings. The normalized spacial score (nSPS) is 10.7. The van der Waals surface area contributed by atoms with Crippen LogP contribution in [-0.4, -0.2) is 18.0 Å². The van der Waals surface area contributed by atoms with Gasteiger partial charge in [0, 0.05) is 17.3 Å². The minimum Gasteiger partial charge on any atom is -0.496 e. The lowest BCUT2D eigenvalue weighted by molar-refractivity contribution is 0.102. The molecular formula is C22H18N2O3. The van der Waals surface area contributed by atoms with Crippen LogP contribution in [0.15, 0.2) is 71.1 Å². The van der Waals surface area contributed by atoms with Gasteiger partial charge in [0.15, 0.2) is 5.58 Å². The summed E-state index contributed by atoms with van der Waals surface area (Å²) in [6.07, 6.45) is 0. The molecule has 0 radical (unpaired) electrons. The summed E-state index contributed by atoms with van der Waals surface area (Å²) in [5, 5.41) is 2.88. The fourth-order valence-electron chi connectivity index (χ4n) is 2.93. The van der Waals surface area contributed by atoms with Gasteiger partial charge < -0.3 is 14.5 Å². The van der Waals surface area contributed by atoms with E-state index in [-0.39, 0.29) is 5.91 Å². The minimum absolute atomic E-state index is 0.245. The summed E-state index contributed by atoms with van der Waals surface area (Å²) in [5.41, 5.74) is 4.51. The highest BCUT2D eigenvalue weighted by atomic mass is 16.5. The molecule has 1 heterocycles. The Morgan fingerprint density at radius 3 is 2.70 bits per heavy atom. The van der Waals surface area contributed by atoms with Crippen molar-refractivity contribution >= 4 is 22.7 Å². The number of hydrogen-bond donors (Lipinski definition) is 1. The fraction of sp³-hybridized carbons (Fsp3) is 0.0909. The van der Waals surface area contributed by atoms with Gasteiger partial charge in [0.2, 0.25) is 5.89 Å². The van der Waals surface area contributed by atoms with Crippen molar-refractivity contribution in [1.82, 2.24) is 4.98 Å². The van der Waals surface area contributed by atoms with Gasteiger partial charge in [0.1, 0.15) is 11.3 Å². The molecule has 0 bridgehead atoms. The van der Waals surface area contributed by atoms with Crippen molar-refractivity contribution < 1.29 is 13.9 Å². The molecule has 0 saturated heterocycles. The minimum atomic E-state index is -0.245. The van der Waals surface area contributed by atoms with Crippen LogP contribution in [0.4, 0.5) is 5.69 Å². The van der Waals surface area contributed by atoms with E-state index in [1.54, 1.807) is 37.4 Å². The lowest BCUT2D eigenvalue weighted by Crippen LogP contribution is -2.12. The van der Waals surface area contributed by atoms with Gasteiger partial charge in [-0.3, -0.25) is 4.79 Å². The van der Waals surface area contributed by atoms with Crippen LogP contribution in [-0.2, 0) is 0 Å². The number of anilines is 1. The van der Waals surface area contributed by atoms with Gasteiger partial charge in [-0.25, -0.2) is 4.98 Å². The van der Waals surface area contributed by atoms with E-state index in [1.165, 1.54) is 0 Å². The molecule has 3 aromatic carbocycles. The summed E-state index contributed by atoms with van der Waals surface area (Å²) < 4.78 is 11.1. The van der Waals surface area contributed by atoms with Gasteiger partial charge >= 0.3 is 0 Å². The Hall–Kier alpha value is -3.60. The number of amides is 1. The third-order valence-corrected chi connectivity index (χ3v) is 4.26. The number of nitrogens with one attached hydrogen (secondary N) is 1. The molecule has 134 valence electrons. The fourth-order valence-corrected chi connectivity index (χ4v) is 2.93. The number of ether oxygens (including phenoxy) is 1. The third kappa shape index (κ3) is 3.40. The van der Waals surface area contributed by atoms with E-state index in [0.717, 1.165) is 16.6 Å². The number of fused-ring (bicyclic) bond motifs is 1. The smallest absolute Gasteiger partial charge is 0.259 e. The Kier molecular flexibility index (Phi) is 4.34. The van der Waals surface area contributed by atoms with Crippen LogP contribution in [0.1, 0.15) is 15.9 Å². The standard InChI is InChI=1S/C22H18N2O3/c1-14-6-5-7-15(12-14)22-24-18-11-10-16(13-20(18)27-22)23-21(25)17-8-3-4-9-19(17)26-2/h3-13H,1-2H3,(H,23,25). The lowest BCUT2D eigenvalue weighted by Gasteiger charge is -2.08. The second-order valence-corrected chi connectivity index (χ2v) is 6.23. The van der Waals surface area contributed by atoms with E-state index >= 15 is 0 Å². The number of aryl methyl sites for hydroxylation is 1. The molecule has 5 heteroatoms. The zero-order valence-corrected chi connectivity index (χ0v) is 15.0. The molecule has 5 nitrogen and oxygen atoms in total. The van der Waals surface area contributed by atoms with Crippen molar-refractivity contribution in [2.75, 3.05) is 12.4 Å². The second-order valence-electron chi connectivity index (χ2n) is 6.23. The highest BCUT2D eigenvalue weighted by molar-refractivity contribution is 6.06. The zero-order chi connectivity index (χ0) is 18.8. The number of hydrogen-bond acceptors (Lipinski definition) is 4. The number of rotatable bonds is 4. The van der Waals surface area contributed by atoms with E-state index in [2.05, 4.69) is 10.3 Å². The first-order chi connectivity index (χ1) is 13.1. The van der Waals surface area contributed by atoms with Crippen LogP contribution in [0.5, 0.6) is 5.75 Å². The van der Waals surface area contributed by atoms with Gasteiger partial charge in [0.25, 0.3) is 5.91 Å². The summed E-state index contributed by atoms with van der Waals surface area (Å²) in [4.78, 5) is 17.1. The monoisotopic (exact) mass is 358 g/mol. The molecule has 0 spiro atoms. The van der Waals surface area contributed by atoms with Crippen LogP contribution in [0, 0.1) is 6.92 Å². The Morgan fingerprint density at radius 1 is 1.04 bits per heavy atom. The molecule has 4 rings (SSSR count). The molecule has 1 N–H and O–H groups in total. The van der Waals surface area contributed by atoms with Crippen molar-refractivity contribution in [3.8, 4) is 17.2 Å². The summed E-state index contributed by atoms with van der Waals surface area (Å²) in [6, 6.07) is 20.5. The molecule has 0 unspecified atom stereocenters. The maximum absolute atomic E-state index is 12.6. The van der Waals surface area contributed by atoms with Gasteiger partial charge in [-0.1, -0.05) is 29.8 Å². The molecule has 0 fully saturated rings. The SMILES string of the molecule is COc1ccccc1C(=O)Nc1ccc2nc(-c3cccc(C)c3)oc2c1. The molecule has 1 aromatic heterocycles. The van der Waals surface area contributed by atoms with Crippen LogP contribution in [0.25, 0.3) is 22.6 Å². The zero-order valence-electron chi connectivity index (χ0n) is 15.0.